The van der Waals surface area contributed by atoms with E-state index in [4.69, 9.17) is 16.1 Å². The van der Waals surface area contributed by atoms with E-state index in [9.17, 15) is 14.7 Å². The van der Waals surface area contributed by atoms with Gasteiger partial charge in [-0.15, -0.1) is 0 Å². The van der Waals surface area contributed by atoms with Gasteiger partial charge in [-0.1, -0.05) is 28.9 Å². The van der Waals surface area contributed by atoms with Crippen LogP contribution in [0.3, 0.4) is 0 Å². The summed E-state index contributed by atoms with van der Waals surface area (Å²) in [7, 11) is 0. The molecule has 1 heterocycles. The topological polar surface area (TPSA) is 92.4 Å². The molecule has 0 fully saturated rings. The second-order valence-corrected chi connectivity index (χ2v) is 5.63. The Morgan fingerprint density at radius 3 is 2.48 bits per heavy atom. The summed E-state index contributed by atoms with van der Waals surface area (Å²) in [5.74, 6) is -0.812. The normalized spacial score (nSPS) is 12.0. The summed E-state index contributed by atoms with van der Waals surface area (Å²) in [5, 5.41) is 16.2. The molecule has 1 amide bonds. The minimum atomic E-state index is -1.13. The number of aromatic nitrogens is 1. The first kappa shape index (κ1) is 17.0. The van der Waals surface area contributed by atoms with E-state index in [1.807, 2.05) is 0 Å². The number of hydrogen-bond acceptors (Lipinski definition) is 4. The molecule has 0 aliphatic rings. The first-order valence-corrected chi connectivity index (χ1v) is 7.45. The van der Waals surface area contributed by atoms with Gasteiger partial charge in [-0.3, -0.25) is 4.79 Å². The average Bonchev–Trinajstić information content (AvgIpc) is 2.82. The Morgan fingerprint density at radius 2 is 1.96 bits per heavy atom. The molecule has 1 aromatic carbocycles. The maximum Gasteiger partial charge on any atom is 0.330 e. The lowest BCUT2D eigenvalue weighted by molar-refractivity contribution is -0.142. The van der Waals surface area contributed by atoms with E-state index in [0.29, 0.717) is 22.8 Å². The zero-order chi connectivity index (χ0) is 17.0. The first-order valence-electron chi connectivity index (χ1n) is 7.08. The van der Waals surface area contributed by atoms with Crippen molar-refractivity contribution < 1.29 is 19.2 Å². The first-order chi connectivity index (χ1) is 10.9. The van der Waals surface area contributed by atoms with Crippen molar-refractivity contribution >= 4 is 23.5 Å². The molecule has 1 atom stereocenters. The van der Waals surface area contributed by atoms with Gasteiger partial charge in [-0.25, -0.2) is 4.79 Å². The highest BCUT2D eigenvalue weighted by molar-refractivity contribution is 6.30. The van der Waals surface area contributed by atoms with E-state index in [1.54, 1.807) is 38.1 Å². The Morgan fingerprint density at radius 1 is 1.30 bits per heavy atom. The van der Waals surface area contributed by atoms with Gasteiger partial charge in [0.2, 0.25) is 5.91 Å². The van der Waals surface area contributed by atoms with Gasteiger partial charge < -0.3 is 14.9 Å². The van der Waals surface area contributed by atoms with Crippen LogP contribution in [0.1, 0.15) is 35.0 Å². The van der Waals surface area contributed by atoms with Crippen LogP contribution in [-0.2, 0) is 16.0 Å². The number of rotatable bonds is 6. The Bertz CT molecular complexity index is 690. The Hall–Kier alpha value is -2.34. The minimum Gasteiger partial charge on any atom is -0.479 e. The molecular formula is C16H17ClN2O4. The van der Waals surface area contributed by atoms with Crippen molar-refractivity contribution in [2.24, 2.45) is 0 Å². The molecule has 23 heavy (non-hydrogen) atoms. The highest BCUT2D eigenvalue weighted by atomic mass is 35.5. The number of aliphatic carboxylic acids is 1. The van der Waals surface area contributed by atoms with E-state index in [2.05, 4.69) is 10.5 Å². The summed E-state index contributed by atoms with van der Waals surface area (Å²) < 4.78 is 5.04. The fraction of sp³-hybridized carbons (Fsp3) is 0.312. The summed E-state index contributed by atoms with van der Waals surface area (Å²) in [5.41, 5.74) is 2.08. The third kappa shape index (κ3) is 4.32. The number of halogens is 1. The number of nitrogens with zero attached hydrogens (tertiary/aromatic N) is 1. The lowest BCUT2D eigenvalue weighted by Gasteiger charge is -2.15. The maximum atomic E-state index is 12.1. The zero-order valence-electron chi connectivity index (χ0n) is 12.8. The summed E-state index contributed by atoms with van der Waals surface area (Å²) in [6, 6.07) is 5.22. The Kier molecular flexibility index (Phi) is 5.39. The van der Waals surface area contributed by atoms with Crippen LogP contribution >= 0.6 is 11.6 Å². The smallest absolute Gasteiger partial charge is 0.330 e. The molecule has 0 bridgehead atoms. The molecule has 0 aliphatic heterocycles. The quantitative estimate of drug-likeness (QED) is 0.846. The number of hydrogen-bond donors (Lipinski definition) is 2. The third-order valence-electron chi connectivity index (χ3n) is 3.54. The number of benzene rings is 1. The van der Waals surface area contributed by atoms with E-state index in [1.165, 1.54) is 0 Å². The molecule has 0 saturated heterocycles. The van der Waals surface area contributed by atoms with Gasteiger partial charge >= 0.3 is 5.97 Å². The van der Waals surface area contributed by atoms with Crippen molar-refractivity contribution in [3.05, 3.63) is 51.9 Å². The molecule has 0 radical (unpaired) electrons. The number of carbonyl (C=O) groups excluding carboxylic acids is 1. The third-order valence-corrected chi connectivity index (χ3v) is 3.79. The van der Waals surface area contributed by atoms with Crippen LogP contribution in [-0.4, -0.2) is 22.1 Å². The number of amides is 1. The van der Waals surface area contributed by atoms with Crippen molar-refractivity contribution in [2.75, 3.05) is 0 Å². The second kappa shape index (κ2) is 7.28. The van der Waals surface area contributed by atoms with E-state index < -0.39 is 12.0 Å². The average molecular weight is 337 g/mol. The van der Waals surface area contributed by atoms with E-state index in [0.717, 1.165) is 11.3 Å². The van der Waals surface area contributed by atoms with E-state index >= 15 is 0 Å². The molecule has 6 nitrogen and oxygen atoms in total. The highest BCUT2D eigenvalue weighted by Gasteiger charge is 2.22. The van der Waals surface area contributed by atoms with Crippen LogP contribution in [0.5, 0.6) is 0 Å². The van der Waals surface area contributed by atoms with Crippen LogP contribution in [0.15, 0.2) is 28.8 Å². The molecule has 2 rings (SSSR count). The predicted octanol–water partition coefficient (Wildman–Crippen LogP) is 2.82. The monoisotopic (exact) mass is 336 g/mol. The van der Waals surface area contributed by atoms with Gasteiger partial charge in [0, 0.05) is 17.0 Å². The van der Waals surface area contributed by atoms with Gasteiger partial charge in [0.15, 0.2) is 6.04 Å². The number of carbonyl (C=O) groups is 2. The number of nitrogens with one attached hydrogen (secondary N) is 1. The molecule has 122 valence electrons. The molecule has 0 saturated carbocycles. The number of carboxylic acids is 1. The van der Waals surface area contributed by atoms with Crippen molar-refractivity contribution in [1.82, 2.24) is 10.5 Å². The van der Waals surface area contributed by atoms with Crippen LogP contribution < -0.4 is 5.32 Å². The Balaban J connectivity index is 2.01. The highest BCUT2D eigenvalue weighted by Crippen LogP contribution is 2.18. The molecule has 2 aromatic rings. The van der Waals surface area contributed by atoms with Crippen LogP contribution in [0, 0.1) is 13.8 Å². The zero-order valence-corrected chi connectivity index (χ0v) is 13.6. The lowest BCUT2D eigenvalue weighted by Crippen LogP contribution is -2.33. The van der Waals surface area contributed by atoms with Crippen LogP contribution in [0.2, 0.25) is 5.02 Å². The Labute approximate surface area is 138 Å². The van der Waals surface area contributed by atoms with Gasteiger partial charge in [-0.05, 0) is 38.0 Å². The predicted molar refractivity (Wildman–Crippen MR) is 84.3 cm³/mol. The van der Waals surface area contributed by atoms with Gasteiger partial charge in [0.25, 0.3) is 0 Å². The van der Waals surface area contributed by atoms with Crippen molar-refractivity contribution in [3.63, 3.8) is 0 Å². The van der Waals surface area contributed by atoms with E-state index in [-0.39, 0.29) is 12.3 Å². The molecule has 7 heteroatoms. The van der Waals surface area contributed by atoms with Crippen LogP contribution in [0.25, 0.3) is 0 Å². The van der Waals surface area contributed by atoms with Gasteiger partial charge in [0.1, 0.15) is 5.76 Å². The largest absolute Gasteiger partial charge is 0.479 e. The lowest BCUT2D eigenvalue weighted by atomic mass is 10.1. The molecule has 0 spiro atoms. The summed E-state index contributed by atoms with van der Waals surface area (Å²) >= 11 is 5.79. The number of carboxylic acid groups (broad SMARTS) is 1. The van der Waals surface area contributed by atoms with Crippen molar-refractivity contribution in [3.8, 4) is 0 Å². The van der Waals surface area contributed by atoms with Crippen molar-refractivity contribution in [2.45, 2.75) is 32.7 Å². The summed E-state index contributed by atoms with van der Waals surface area (Å²) in [6.45, 7) is 3.58. The fourth-order valence-electron chi connectivity index (χ4n) is 2.27. The van der Waals surface area contributed by atoms with Gasteiger partial charge in [-0.2, -0.15) is 0 Å². The summed E-state index contributed by atoms with van der Waals surface area (Å²) in [4.78, 5) is 23.5. The molecule has 0 aliphatic carbocycles. The SMILES string of the molecule is Cc1noc(C)c1CCC(=O)NC(C(=O)O)c1ccc(Cl)cc1. The van der Waals surface area contributed by atoms with Gasteiger partial charge in [0.05, 0.1) is 5.69 Å². The maximum absolute atomic E-state index is 12.1. The second-order valence-electron chi connectivity index (χ2n) is 5.19. The fourth-order valence-corrected chi connectivity index (χ4v) is 2.40. The minimum absolute atomic E-state index is 0.153. The number of aryl methyl sites for hydroxylation is 2. The summed E-state index contributed by atoms with van der Waals surface area (Å²) in [6.07, 6.45) is 0.597. The molecule has 1 unspecified atom stereocenters. The molecule has 1 aromatic heterocycles. The molecular weight excluding hydrogens is 320 g/mol. The molecule has 2 N–H and O–H groups in total. The van der Waals surface area contributed by atoms with Crippen LogP contribution in [0.4, 0.5) is 0 Å². The standard InChI is InChI=1S/C16H17ClN2O4/c1-9-13(10(2)23-19-9)7-8-14(20)18-15(16(21)22)11-3-5-12(17)6-4-11/h3-6,15H,7-8H2,1-2H3,(H,18,20)(H,21,22). The van der Waals surface area contributed by atoms with Crippen molar-refractivity contribution in [1.29, 1.82) is 0 Å².